The van der Waals surface area contributed by atoms with Gasteiger partial charge in [-0.2, -0.15) is 13.5 Å². The fraction of sp³-hybridized carbons (Fsp3) is 0.160. The lowest BCUT2D eigenvalue weighted by Crippen LogP contribution is -2.46. The Balaban J connectivity index is 1.80. The van der Waals surface area contributed by atoms with Crippen molar-refractivity contribution in [3.63, 3.8) is 0 Å². The molecule has 8 nitrogen and oxygen atoms in total. The van der Waals surface area contributed by atoms with Crippen molar-refractivity contribution in [1.82, 2.24) is 15.4 Å². The Kier molecular flexibility index (Phi) is 6.74. The number of rotatable bonds is 6. The fourth-order valence-electron chi connectivity index (χ4n) is 3.73. The van der Waals surface area contributed by atoms with Gasteiger partial charge in [-0.05, 0) is 30.2 Å². The summed E-state index contributed by atoms with van der Waals surface area (Å²) in [4.78, 5) is 11.2. The van der Waals surface area contributed by atoms with E-state index in [0.717, 1.165) is 22.4 Å². The quantitative estimate of drug-likeness (QED) is 0.256. The molecule has 0 spiro atoms. The third kappa shape index (κ3) is 4.99. The van der Waals surface area contributed by atoms with Crippen LogP contribution >= 0.6 is 0 Å². The van der Waals surface area contributed by atoms with Crippen molar-refractivity contribution in [2.75, 3.05) is 13.6 Å². The van der Waals surface area contributed by atoms with Crippen molar-refractivity contribution in [2.24, 2.45) is 9.50 Å². The maximum atomic E-state index is 13.1. The van der Waals surface area contributed by atoms with Crippen molar-refractivity contribution in [1.29, 1.82) is 0 Å². The number of hydrogen-bond acceptors (Lipinski definition) is 4. The molecule has 1 heterocycles. The lowest BCUT2D eigenvalue weighted by atomic mass is 9.91. The zero-order valence-corrected chi connectivity index (χ0v) is 19.7. The number of amides is 1. The SMILES string of the molecule is Cc1ccc(S(=O)(=O)N=C(N2CC(c3ccccc3)C(c3ccccc3)=N2)N(C)NC=O)cc1. The van der Waals surface area contributed by atoms with Crippen LogP contribution in [-0.4, -0.2) is 50.1 Å². The van der Waals surface area contributed by atoms with E-state index in [0.29, 0.717) is 13.0 Å². The lowest BCUT2D eigenvalue weighted by Gasteiger charge is -2.25. The van der Waals surface area contributed by atoms with E-state index >= 15 is 0 Å². The third-order valence-corrected chi connectivity index (χ3v) is 6.75. The molecular weight excluding hydrogens is 450 g/mol. The fourth-order valence-corrected chi connectivity index (χ4v) is 4.75. The van der Waals surface area contributed by atoms with Gasteiger partial charge >= 0.3 is 0 Å². The van der Waals surface area contributed by atoms with Gasteiger partial charge in [0.05, 0.1) is 17.2 Å². The molecule has 3 aromatic rings. The van der Waals surface area contributed by atoms with Gasteiger partial charge < -0.3 is 0 Å². The first-order chi connectivity index (χ1) is 16.4. The highest BCUT2D eigenvalue weighted by Gasteiger charge is 2.33. The molecule has 1 unspecified atom stereocenters. The molecule has 34 heavy (non-hydrogen) atoms. The van der Waals surface area contributed by atoms with Crippen LogP contribution in [-0.2, 0) is 14.8 Å². The molecule has 1 aliphatic rings. The van der Waals surface area contributed by atoms with Crippen LogP contribution in [0.15, 0.2) is 99.3 Å². The smallest absolute Gasteiger partial charge is 0.277 e. The minimum absolute atomic E-state index is 0.0143. The molecule has 1 aliphatic heterocycles. The maximum absolute atomic E-state index is 13.1. The molecule has 0 saturated carbocycles. The minimum atomic E-state index is -4.06. The number of carbonyl (C=O) groups excluding carboxylic acids is 1. The van der Waals surface area contributed by atoms with E-state index in [-0.39, 0.29) is 16.8 Å². The molecule has 0 aromatic heterocycles. The Hall–Kier alpha value is -3.98. The highest BCUT2D eigenvalue weighted by atomic mass is 32.2. The second-order valence-corrected chi connectivity index (χ2v) is 9.49. The number of carbonyl (C=O) groups is 1. The Labute approximate surface area is 199 Å². The zero-order valence-electron chi connectivity index (χ0n) is 18.9. The molecule has 0 saturated heterocycles. The van der Waals surface area contributed by atoms with Gasteiger partial charge in [-0.25, -0.2) is 5.01 Å². The number of benzene rings is 3. The van der Waals surface area contributed by atoms with Crippen LogP contribution in [0.5, 0.6) is 0 Å². The van der Waals surface area contributed by atoms with E-state index in [9.17, 15) is 13.2 Å². The zero-order chi connectivity index (χ0) is 24.1. The van der Waals surface area contributed by atoms with E-state index in [1.165, 1.54) is 29.2 Å². The summed E-state index contributed by atoms with van der Waals surface area (Å²) in [7, 11) is -2.54. The Morgan fingerprint density at radius 3 is 2.26 bits per heavy atom. The van der Waals surface area contributed by atoms with Gasteiger partial charge in [0.2, 0.25) is 6.41 Å². The van der Waals surface area contributed by atoms with Gasteiger partial charge in [-0.15, -0.1) is 4.40 Å². The molecule has 3 aromatic carbocycles. The van der Waals surface area contributed by atoms with Gasteiger partial charge in [-0.1, -0.05) is 78.4 Å². The third-order valence-electron chi connectivity index (χ3n) is 5.48. The molecule has 1 atom stereocenters. The number of nitrogens with zero attached hydrogens (tertiary/aromatic N) is 4. The first kappa shape index (κ1) is 23.2. The van der Waals surface area contributed by atoms with Gasteiger partial charge in [-0.3, -0.25) is 15.2 Å². The van der Waals surface area contributed by atoms with Crippen LogP contribution in [0.25, 0.3) is 0 Å². The van der Waals surface area contributed by atoms with Crippen LogP contribution in [0.3, 0.4) is 0 Å². The topological polar surface area (TPSA) is 94.4 Å². The summed E-state index contributed by atoms with van der Waals surface area (Å²) in [6.45, 7) is 2.22. The number of hydrazone groups is 1. The van der Waals surface area contributed by atoms with Crippen molar-refractivity contribution < 1.29 is 13.2 Å². The standard InChI is InChI=1S/C25H25N5O3S/c1-19-13-15-22(16-14-19)34(32,33)28-25(29(2)26-18-31)30-17-23(20-9-5-3-6-10-20)24(27-30)21-11-7-4-8-12-21/h3-16,18,23H,17H2,1-2H3,(H,26,31). The summed E-state index contributed by atoms with van der Waals surface area (Å²) in [6.07, 6.45) is 0.459. The van der Waals surface area contributed by atoms with Crippen LogP contribution in [0.2, 0.25) is 0 Å². The summed E-state index contributed by atoms with van der Waals surface area (Å²) < 4.78 is 30.3. The molecule has 0 radical (unpaired) electrons. The van der Waals surface area contributed by atoms with E-state index < -0.39 is 10.0 Å². The molecule has 174 valence electrons. The second kappa shape index (κ2) is 9.88. The van der Waals surface area contributed by atoms with Crippen molar-refractivity contribution in [3.05, 3.63) is 102 Å². The largest absolute Gasteiger partial charge is 0.285 e. The number of nitrogens with one attached hydrogen (secondary N) is 1. The van der Waals surface area contributed by atoms with Crippen molar-refractivity contribution >= 4 is 28.1 Å². The van der Waals surface area contributed by atoms with Gasteiger partial charge in [0.25, 0.3) is 16.0 Å². The normalized spacial score (nSPS) is 16.2. The number of hydrazine groups is 1. The maximum Gasteiger partial charge on any atom is 0.285 e. The molecule has 0 fully saturated rings. The van der Waals surface area contributed by atoms with Crippen molar-refractivity contribution in [3.8, 4) is 0 Å². The van der Waals surface area contributed by atoms with Crippen molar-refractivity contribution in [2.45, 2.75) is 17.7 Å². The molecule has 0 bridgehead atoms. The Morgan fingerprint density at radius 2 is 1.65 bits per heavy atom. The molecule has 1 N–H and O–H groups in total. The van der Waals surface area contributed by atoms with Crippen LogP contribution in [0.4, 0.5) is 0 Å². The predicted octanol–water partition coefficient (Wildman–Crippen LogP) is 3.14. The highest BCUT2D eigenvalue weighted by Crippen LogP contribution is 2.29. The number of guanidine groups is 1. The summed E-state index contributed by atoms with van der Waals surface area (Å²) in [5.74, 6) is -0.139. The summed E-state index contributed by atoms with van der Waals surface area (Å²) in [5.41, 5.74) is 6.14. The van der Waals surface area contributed by atoms with Gasteiger partial charge in [0, 0.05) is 13.0 Å². The number of hydrogen-bond donors (Lipinski definition) is 1. The minimum Gasteiger partial charge on any atom is -0.277 e. The monoisotopic (exact) mass is 475 g/mol. The van der Waals surface area contributed by atoms with E-state index in [1.807, 2.05) is 67.6 Å². The summed E-state index contributed by atoms with van der Waals surface area (Å²) in [6, 6.07) is 26.0. The highest BCUT2D eigenvalue weighted by molar-refractivity contribution is 7.90. The first-order valence-electron chi connectivity index (χ1n) is 10.7. The Bertz CT molecular complexity index is 1310. The second-order valence-electron chi connectivity index (χ2n) is 7.88. The Morgan fingerprint density at radius 1 is 1.03 bits per heavy atom. The predicted molar refractivity (Wildman–Crippen MR) is 132 cm³/mol. The number of sulfonamides is 1. The first-order valence-corrected chi connectivity index (χ1v) is 12.1. The van der Waals surface area contributed by atoms with Gasteiger partial charge in [0.1, 0.15) is 0 Å². The average Bonchev–Trinajstić information content (AvgIpc) is 3.29. The molecule has 1 amide bonds. The molecule has 4 rings (SSSR count). The summed E-state index contributed by atoms with van der Waals surface area (Å²) >= 11 is 0. The van der Waals surface area contributed by atoms with Gasteiger partial charge in [0.15, 0.2) is 0 Å². The molecule has 9 heteroatoms. The molecule has 0 aliphatic carbocycles. The van der Waals surface area contributed by atoms with E-state index in [2.05, 4.69) is 9.82 Å². The summed E-state index contributed by atoms with van der Waals surface area (Å²) in [5, 5.41) is 7.53. The molecular formula is C25H25N5O3S. The van der Waals surface area contributed by atoms with Crippen LogP contribution in [0, 0.1) is 6.92 Å². The number of aryl methyl sites for hydroxylation is 1. The van der Waals surface area contributed by atoms with E-state index in [1.54, 1.807) is 12.1 Å². The average molecular weight is 476 g/mol. The lowest BCUT2D eigenvalue weighted by molar-refractivity contribution is -0.112. The van der Waals surface area contributed by atoms with Crippen LogP contribution < -0.4 is 5.43 Å². The van der Waals surface area contributed by atoms with Crippen LogP contribution in [0.1, 0.15) is 22.6 Å². The van der Waals surface area contributed by atoms with E-state index in [4.69, 9.17) is 5.10 Å².